The summed E-state index contributed by atoms with van der Waals surface area (Å²) in [6.07, 6.45) is 1.98. The first kappa shape index (κ1) is 18.9. The zero-order valence-electron chi connectivity index (χ0n) is 15.4. The number of fused-ring (bicyclic) bond motifs is 1. The predicted molar refractivity (Wildman–Crippen MR) is 107 cm³/mol. The summed E-state index contributed by atoms with van der Waals surface area (Å²) in [5.41, 5.74) is 2.04. The Balaban J connectivity index is 1.31. The number of nitrogens with zero attached hydrogens (tertiary/aromatic N) is 1. The second kappa shape index (κ2) is 7.90. The molecule has 1 unspecified atom stereocenters. The molecule has 1 fully saturated rings. The normalized spacial score (nSPS) is 18.1. The second-order valence-electron chi connectivity index (χ2n) is 7.22. The summed E-state index contributed by atoms with van der Waals surface area (Å²) in [7, 11) is -3.65. The molecule has 0 radical (unpaired) electrons. The minimum absolute atomic E-state index is 0.0988. The number of hydrogen-bond donors (Lipinski definition) is 2. The van der Waals surface area contributed by atoms with Crippen LogP contribution in [0.25, 0.3) is 11.1 Å². The maximum Gasteiger partial charge on any atom is 0.417 e. The summed E-state index contributed by atoms with van der Waals surface area (Å²) in [6, 6.07) is 14.8. The van der Waals surface area contributed by atoms with Crippen LogP contribution in [0.3, 0.4) is 0 Å². The summed E-state index contributed by atoms with van der Waals surface area (Å²) in [5.74, 6) is -0.307. The molecule has 1 aliphatic rings. The largest absolute Gasteiger partial charge is 0.417 e. The van der Waals surface area contributed by atoms with Crippen molar-refractivity contribution >= 4 is 21.1 Å². The highest BCUT2D eigenvalue weighted by Crippen LogP contribution is 2.19. The van der Waals surface area contributed by atoms with Gasteiger partial charge in [0.15, 0.2) is 5.58 Å². The Kier molecular flexibility index (Phi) is 5.34. The van der Waals surface area contributed by atoms with Crippen LogP contribution in [0.4, 0.5) is 0 Å². The standard InChI is InChI=1S/C20H23N3O4S/c24-20-22-18-7-6-17(12-19(18)27-20)28(25,26)21-13-16-9-11-23(14-16)10-8-15-4-2-1-3-5-15/h1-7,12,16,21H,8-11,13-14H2,(H,22,24). The molecule has 3 aromatic rings. The topological polar surface area (TPSA) is 95.4 Å². The quantitative estimate of drug-likeness (QED) is 0.631. The molecule has 0 aliphatic carbocycles. The third-order valence-corrected chi connectivity index (χ3v) is 6.62. The van der Waals surface area contributed by atoms with Crippen molar-refractivity contribution in [3.63, 3.8) is 0 Å². The van der Waals surface area contributed by atoms with Crippen LogP contribution in [-0.2, 0) is 16.4 Å². The molecule has 2 N–H and O–H groups in total. The number of likely N-dealkylation sites (tertiary alicyclic amines) is 1. The Hall–Kier alpha value is -2.42. The number of rotatable bonds is 7. The Labute approximate surface area is 163 Å². The van der Waals surface area contributed by atoms with Crippen LogP contribution in [0, 0.1) is 5.92 Å². The van der Waals surface area contributed by atoms with Crippen molar-refractivity contribution in [2.45, 2.75) is 17.7 Å². The highest BCUT2D eigenvalue weighted by atomic mass is 32.2. The van der Waals surface area contributed by atoms with Gasteiger partial charge in [0.25, 0.3) is 0 Å². The fraction of sp³-hybridized carbons (Fsp3) is 0.350. The number of oxazole rings is 1. The number of benzene rings is 2. The molecule has 0 amide bonds. The zero-order chi connectivity index (χ0) is 19.6. The van der Waals surface area contributed by atoms with Crippen LogP contribution in [0.15, 0.2) is 62.6 Å². The van der Waals surface area contributed by atoms with Crippen LogP contribution < -0.4 is 10.5 Å². The fourth-order valence-electron chi connectivity index (χ4n) is 3.62. The number of aromatic amines is 1. The summed E-state index contributed by atoms with van der Waals surface area (Å²) in [5, 5.41) is 0. The van der Waals surface area contributed by atoms with Gasteiger partial charge in [0.2, 0.25) is 10.0 Å². The molecule has 1 saturated heterocycles. The lowest BCUT2D eigenvalue weighted by Gasteiger charge is -2.16. The number of nitrogens with one attached hydrogen (secondary N) is 2. The Morgan fingerprint density at radius 2 is 2.00 bits per heavy atom. The van der Waals surface area contributed by atoms with E-state index in [1.807, 2.05) is 18.2 Å². The molecule has 28 heavy (non-hydrogen) atoms. The first-order chi connectivity index (χ1) is 13.5. The van der Waals surface area contributed by atoms with Gasteiger partial charge in [0, 0.05) is 25.7 Å². The Bertz CT molecular complexity index is 1110. The minimum atomic E-state index is -3.65. The van der Waals surface area contributed by atoms with Crippen molar-refractivity contribution in [3.8, 4) is 0 Å². The zero-order valence-corrected chi connectivity index (χ0v) is 16.2. The van der Waals surface area contributed by atoms with Gasteiger partial charge in [-0.25, -0.2) is 17.9 Å². The van der Waals surface area contributed by atoms with Gasteiger partial charge in [-0.05, 0) is 43.0 Å². The lowest BCUT2D eigenvalue weighted by atomic mass is 10.1. The first-order valence-corrected chi connectivity index (χ1v) is 10.9. The summed E-state index contributed by atoms with van der Waals surface area (Å²) in [6.45, 7) is 3.26. The van der Waals surface area contributed by atoms with Crippen LogP contribution in [0.5, 0.6) is 0 Å². The molecule has 1 aromatic heterocycles. The van der Waals surface area contributed by atoms with Crippen molar-refractivity contribution < 1.29 is 12.8 Å². The van der Waals surface area contributed by atoms with E-state index in [1.54, 1.807) is 0 Å². The van der Waals surface area contributed by atoms with Crippen molar-refractivity contribution in [1.29, 1.82) is 0 Å². The molecule has 1 aliphatic heterocycles. The second-order valence-corrected chi connectivity index (χ2v) is 8.98. The van der Waals surface area contributed by atoms with Gasteiger partial charge < -0.3 is 9.32 Å². The number of sulfonamides is 1. The third-order valence-electron chi connectivity index (χ3n) is 5.19. The SMILES string of the molecule is O=c1[nH]c2ccc(S(=O)(=O)NCC3CCN(CCc4ccccc4)C3)cc2o1. The molecule has 0 spiro atoms. The summed E-state index contributed by atoms with van der Waals surface area (Å²) >= 11 is 0. The molecule has 7 nitrogen and oxygen atoms in total. The number of hydrogen-bond acceptors (Lipinski definition) is 5. The lowest BCUT2D eigenvalue weighted by Crippen LogP contribution is -2.31. The van der Waals surface area contributed by atoms with Crippen molar-refractivity contribution in [1.82, 2.24) is 14.6 Å². The molecule has 2 aromatic carbocycles. The first-order valence-electron chi connectivity index (χ1n) is 9.38. The smallest absolute Gasteiger partial charge is 0.408 e. The van der Waals surface area contributed by atoms with Crippen molar-refractivity contribution in [3.05, 3.63) is 64.6 Å². The van der Waals surface area contributed by atoms with Gasteiger partial charge in [0.05, 0.1) is 10.4 Å². The molecule has 0 saturated carbocycles. The van der Waals surface area contributed by atoms with Crippen LogP contribution in [0.1, 0.15) is 12.0 Å². The molecular formula is C20H23N3O4S. The molecule has 1 atom stereocenters. The third kappa shape index (κ3) is 4.35. The van der Waals surface area contributed by atoms with E-state index in [1.165, 1.54) is 23.8 Å². The Morgan fingerprint density at radius 3 is 2.82 bits per heavy atom. The number of aromatic nitrogens is 1. The molecule has 148 valence electrons. The molecule has 8 heteroatoms. The van der Waals surface area contributed by atoms with Gasteiger partial charge in [-0.15, -0.1) is 0 Å². The molecular weight excluding hydrogens is 378 g/mol. The molecule has 0 bridgehead atoms. The van der Waals surface area contributed by atoms with Gasteiger partial charge in [-0.3, -0.25) is 4.98 Å². The van der Waals surface area contributed by atoms with E-state index in [4.69, 9.17) is 4.42 Å². The average molecular weight is 401 g/mol. The van der Waals surface area contributed by atoms with Crippen LogP contribution in [0.2, 0.25) is 0 Å². The predicted octanol–water partition coefficient (Wildman–Crippen LogP) is 1.96. The monoisotopic (exact) mass is 401 g/mol. The van der Waals surface area contributed by atoms with Crippen molar-refractivity contribution in [2.24, 2.45) is 5.92 Å². The molecule has 4 rings (SSSR count). The average Bonchev–Trinajstić information content (AvgIpc) is 3.30. The van der Waals surface area contributed by atoms with E-state index in [9.17, 15) is 13.2 Å². The number of H-pyrrole nitrogens is 1. The van der Waals surface area contributed by atoms with Gasteiger partial charge in [0.1, 0.15) is 0 Å². The van der Waals surface area contributed by atoms with E-state index in [0.717, 1.165) is 32.5 Å². The van der Waals surface area contributed by atoms with E-state index >= 15 is 0 Å². The minimum Gasteiger partial charge on any atom is -0.408 e. The van der Waals surface area contributed by atoms with Crippen molar-refractivity contribution in [2.75, 3.05) is 26.2 Å². The fourth-order valence-corrected chi connectivity index (χ4v) is 4.75. The van der Waals surface area contributed by atoms with Gasteiger partial charge in [-0.2, -0.15) is 0 Å². The van der Waals surface area contributed by atoms with Gasteiger partial charge in [-0.1, -0.05) is 30.3 Å². The van der Waals surface area contributed by atoms with Crippen LogP contribution in [-0.4, -0.2) is 44.5 Å². The van der Waals surface area contributed by atoms with E-state index in [2.05, 4.69) is 26.7 Å². The highest BCUT2D eigenvalue weighted by molar-refractivity contribution is 7.89. The summed E-state index contributed by atoms with van der Waals surface area (Å²) in [4.78, 5) is 16.2. The van der Waals surface area contributed by atoms with Gasteiger partial charge >= 0.3 is 5.76 Å². The summed E-state index contributed by atoms with van der Waals surface area (Å²) < 4.78 is 32.8. The maximum absolute atomic E-state index is 12.6. The van der Waals surface area contributed by atoms with Crippen LogP contribution >= 0.6 is 0 Å². The van der Waals surface area contributed by atoms with E-state index in [-0.39, 0.29) is 10.5 Å². The van der Waals surface area contributed by atoms with E-state index < -0.39 is 15.8 Å². The Morgan fingerprint density at radius 1 is 1.18 bits per heavy atom. The van der Waals surface area contributed by atoms with E-state index in [0.29, 0.717) is 18.0 Å². The lowest BCUT2D eigenvalue weighted by molar-refractivity contribution is 0.328. The highest BCUT2D eigenvalue weighted by Gasteiger charge is 2.24. The maximum atomic E-state index is 12.6. The molecule has 2 heterocycles.